The highest BCUT2D eigenvalue weighted by atomic mass is 32.1. The Labute approximate surface area is 159 Å². The van der Waals surface area contributed by atoms with Crippen molar-refractivity contribution in [3.8, 4) is 22.9 Å². The van der Waals surface area contributed by atoms with Crippen molar-refractivity contribution < 1.29 is 0 Å². The van der Waals surface area contributed by atoms with Crippen molar-refractivity contribution in [2.24, 2.45) is 5.92 Å². The highest BCUT2D eigenvalue weighted by Crippen LogP contribution is 2.28. The van der Waals surface area contributed by atoms with Crippen molar-refractivity contribution in [2.45, 2.75) is 67.3 Å². The summed E-state index contributed by atoms with van der Waals surface area (Å²) in [6, 6.07) is 11.1. The maximum atomic E-state index is 5.23. The summed E-state index contributed by atoms with van der Waals surface area (Å²) in [7, 11) is 0. The summed E-state index contributed by atoms with van der Waals surface area (Å²) in [4.78, 5) is 5.49. The Morgan fingerprint density at radius 2 is 1.68 bits per heavy atom. The van der Waals surface area contributed by atoms with E-state index in [1.54, 1.807) is 11.3 Å². The first kappa shape index (κ1) is 23.2. The molecule has 0 spiro atoms. The van der Waals surface area contributed by atoms with E-state index < -0.39 is 0 Å². The largest absolute Gasteiger partial charge is 0.339 e. The third-order valence-corrected chi connectivity index (χ3v) is 5.09. The van der Waals surface area contributed by atoms with Crippen molar-refractivity contribution in [1.82, 2.24) is 10.3 Å². The lowest BCUT2D eigenvalue weighted by Crippen LogP contribution is -2.11. The van der Waals surface area contributed by atoms with Crippen molar-refractivity contribution in [1.29, 1.82) is 0 Å². The van der Waals surface area contributed by atoms with Crippen LogP contribution in [0.5, 0.6) is 0 Å². The number of hydrogen-bond acceptors (Lipinski definition) is 3. The van der Waals surface area contributed by atoms with Gasteiger partial charge in [-0.2, -0.15) is 0 Å². The standard InChI is InChI=1S/C14H14N2S.C6H14.C2H6/c1-4-15-10(2)12-5-7-13(8-6-12)14-11(3)16-9-17-14;1-4-6(3)5-2;1-2/h1,5-10,15H,2-3H3;6H,4-5H2,1-3H3;1-2H3/t10-;;/m0../s1. The second kappa shape index (κ2) is 13.5. The third kappa shape index (κ3) is 8.23. The van der Waals surface area contributed by atoms with Gasteiger partial charge < -0.3 is 5.32 Å². The summed E-state index contributed by atoms with van der Waals surface area (Å²) in [5, 5.41) is 2.95. The normalized spacial score (nSPS) is 10.7. The van der Waals surface area contributed by atoms with Crippen LogP contribution >= 0.6 is 11.3 Å². The molecule has 0 aliphatic carbocycles. The van der Waals surface area contributed by atoms with Crippen LogP contribution in [0.4, 0.5) is 0 Å². The van der Waals surface area contributed by atoms with Crippen LogP contribution in [0.25, 0.3) is 10.4 Å². The van der Waals surface area contributed by atoms with E-state index in [1.165, 1.54) is 28.8 Å². The molecule has 0 aliphatic rings. The molecule has 3 heteroatoms. The van der Waals surface area contributed by atoms with E-state index in [2.05, 4.69) is 61.4 Å². The van der Waals surface area contributed by atoms with Crippen LogP contribution in [0.1, 0.15) is 71.7 Å². The molecule has 1 atom stereocenters. The first-order chi connectivity index (χ1) is 12.0. The van der Waals surface area contributed by atoms with E-state index in [0.717, 1.165) is 11.6 Å². The quantitative estimate of drug-likeness (QED) is 0.468. The second-order valence-electron chi connectivity index (χ2n) is 5.82. The Morgan fingerprint density at radius 1 is 1.12 bits per heavy atom. The first-order valence-corrected chi connectivity index (χ1v) is 10.1. The first-order valence-electron chi connectivity index (χ1n) is 9.24. The van der Waals surface area contributed by atoms with Crippen LogP contribution in [0, 0.1) is 25.3 Å². The van der Waals surface area contributed by atoms with E-state index in [9.17, 15) is 0 Å². The lowest BCUT2D eigenvalue weighted by Gasteiger charge is -2.10. The molecular weight excluding hydrogens is 324 g/mol. The van der Waals surface area contributed by atoms with Gasteiger partial charge in [0.25, 0.3) is 0 Å². The van der Waals surface area contributed by atoms with Gasteiger partial charge in [0, 0.05) is 6.04 Å². The Bertz CT molecular complexity index is 604. The predicted octanol–water partition coefficient (Wildman–Crippen LogP) is 6.83. The fourth-order valence-electron chi connectivity index (χ4n) is 2.00. The highest BCUT2D eigenvalue weighted by molar-refractivity contribution is 7.13. The zero-order valence-corrected chi connectivity index (χ0v) is 17.7. The fraction of sp³-hybridized carbons (Fsp3) is 0.500. The molecule has 2 rings (SSSR count). The van der Waals surface area contributed by atoms with Crippen molar-refractivity contribution in [2.75, 3.05) is 0 Å². The molecule has 0 saturated carbocycles. The van der Waals surface area contributed by atoms with Crippen LogP contribution in [-0.2, 0) is 0 Å². The minimum atomic E-state index is 0.177. The summed E-state index contributed by atoms with van der Waals surface area (Å²) in [6.45, 7) is 14.8. The molecule has 0 amide bonds. The number of aromatic nitrogens is 1. The zero-order chi connectivity index (χ0) is 19.2. The van der Waals surface area contributed by atoms with Crippen molar-refractivity contribution >= 4 is 11.3 Å². The van der Waals surface area contributed by atoms with Gasteiger partial charge in [0.15, 0.2) is 0 Å². The lowest BCUT2D eigenvalue weighted by atomic mass is 10.1. The minimum Gasteiger partial charge on any atom is -0.339 e. The van der Waals surface area contributed by atoms with Crippen LogP contribution in [0.3, 0.4) is 0 Å². The average molecular weight is 359 g/mol. The molecule has 25 heavy (non-hydrogen) atoms. The molecular formula is C22H34N2S. The Balaban J connectivity index is 0.000000614. The van der Waals surface area contributed by atoms with Gasteiger partial charge in [-0.05, 0) is 30.9 Å². The molecule has 1 N–H and O–H groups in total. The molecule has 1 heterocycles. The van der Waals surface area contributed by atoms with Crippen LogP contribution in [0.15, 0.2) is 29.8 Å². The van der Waals surface area contributed by atoms with Crippen LogP contribution in [0.2, 0.25) is 0 Å². The molecule has 2 nitrogen and oxygen atoms in total. The summed E-state index contributed by atoms with van der Waals surface area (Å²) < 4.78 is 0. The summed E-state index contributed by atoms with van der Waals surface area (Å²) in [6.07, 6.45) is 7.89. The minimum absolute atomic E-state index is 0.177. The van der Waals surface area contributed by atoms with Gasteiger partial charge in [-0.1, -0.05) is 78.1 Å². The second-order valence-corrected chi connectivity index (χ2v) is 6.68. The van der Waals surface area contributed by atoms with Crippen molar-refractivity contribution in [3.63, 3.8) is 0 Å². The number of benzene rings is 1. The van der Waals surface area contributed by atoms with Gasteiger partial charge in [0.1, 0.15) is 0 Å². The molecule has 0 saturated heterocycles. The number of hydrogen-bond donors (Lipinski definition) is 1. The van der Waals surface area contributed by atoms with E-state index in [1.807, 2.05) is 33.2 Å². The molecule has 1 aromatic heterocycles. The monoisotopic (exact) mass is 358 g/mol. The van der Waals surface area contributed by atoms with E-state index in [0.29, 0.717) is 0 Å². The molecule has 0 fully saturated rings. The highest BCUT2D eigenvalue weighted by Gasteiger charge is 2.06. The number of nitrogens with zero attached hydrogens (tertiary/aromatic N) is 1. The summed E-state index contributed by atoms with van der Waals surface area (Å²) >= 11 is 1.67. The molecule has 2 aromatic rings. The van der Waals surface area contributed by atoms with Gasteiger partial charge in [0.05, 0.1) is 22.1 Å². The number of nitrogens with one attached hydrogen (secondary N) is 1. The fourth-order valence-corrected chi connectivity index (χ4v) is 2.81. The number of terminal acetylenes is 1. The topological polar surface area (TPSA) is 24.9 Å². The van der Waals surface area contributed by atoms with E-state index in [-0.39, 0.29) is 6.04 Å². The average Bonchev–Trinajstić information content (AvgIpc) is 3.09. The summed E-state index contributed by atoms with van der Waals surface area (Å²) in [5.74, 6) is 0.935. The molecule has 1 aromatic carbocycles. The maximum absolute atomic E-state index is 5.23. The van der Waals surface area contributed by atoms with Gasteiger partial charge in [0.2, 0.25) is 0 Å². The smallest absolute Gasteiger partial charge is 0.0801 e. The number of thiazole rings is 1. The van der Waals surface area contributed by atoms with Gasteiger partial charge in [-0.25, -0.2) is 4.98 Å². The molecule has 0 aliphatic heterocycles. The molecule has 0 radical (unpaired) electrons. The number of rotatable bonds is 5. The van der Waals surface area contributed by atoms with Crippen LogP contribution in [-0.4, -0.2) is 4.98 Å². The summed E-state index contributed by atoms with van der Waals surface area (Å²) in [5.41, 5.74) is 5.36. The molecule has 0 bridgehead atoms. The zero-order valence-electron chi connectivity index (χ0n) is 16.9. The van der Waals surface area contributed by atoms with Gasteiger partial charge in [-0.3, -0.25) is 0 Å². The maximum Gasteiger partial charge on any atom is 0.0801 e. The van der Waals surface area contributed by atoms with E-state index >= 15 is 0 Å². The Kier molecular flexibility index (Phi) is 12.5. The van der Waals surface area contributed by atoms with Gasteiger partial charge in [-0.15, -0.1) is 11.3 Å². The SMILES string of the molecule is C#CN[C@@H](C)c1ccc(-c2scnc2C)cc1.CC.CCC(C)CC. The molecule has 0 unspecified atom stereocenters. The third-order valence-electron chi connectivity index (χ3n) is 4.11. The Hall–Kier alpha value is -1.79. The predicted molar refractivity (Wildman–Crippen MR) is 114 cm³/mol. The molecule has 138 valence electrons. The van der Waals surface area contributed by atoms with Gasteiger partial charge >= 0.3 is 0 Å². The lowest BCUT2D eigenvalue weighted by molar-refractivity contribution is 0.544. The van der Waals surface area contributed by atoms with Crippen LogP contribution < -0.4 is 5.32 Å². The Morgan fingerprint density at radius 3 is 2.04 bits per heavy atom. The van der Waals surface area contributed by atoms with E-state index in [4.69, 9.17) is 6.42 Å². The van der Waals surface area contributed by atoms with Crippen molar-refractivity contribution in [3.05, 3.63) is 41.0 Å². The number of aryl methyl sites for hydroxylation is 1.